The van der Waals surface area contributed by atoms with E-state index in [1.54, 1.807) is 6.92 Å². The second-order valence-corrected chi connectivity index (χ2v) is 5.40. The third-order valence-electron chi connectivity index (χ3n) is 3.23. The number of rotatable bonds is 7. The number of anilines is 2. The number of nitro groups is 1. The van der Waals surface area contributed by atoms with Crippen molar-refractivity contribution in [2.75, 3.05) is 17.2 Å². The Bertz CT molecular complexity index is 833. The van der Waals surface area contributed by atoms with E-state index in [0.29, 0.717) is 12.2 Å². The average molecular weight is 386 g/mol. The highest BCUT2D eigenvalue weighted by molar-refractivity contribution is 6.32. The van der Waals surface area contributed by atoms with Gasteiger partial charge in [0.15, 0.2) is 0 Å². The Labute approximate surface area is 152 Å². The van der Waals surface area contributed by atoms with Gasteiger partial charge in [-0.1, -0.05) is 11.6 Å². The Kier molecular flexibility index (Phi) is 6.29. The fourth-order valence-corrected chi connectivity index (χ4v) is 2.36. The summed E-state index contributed by atoms with van der Waals surface area (Å²) in [6.45, 7) is -0.753. The minimum Gasteiger partial charge on any atom is -0.433 e. The van der Waals surface area contributed by atoms with Gasteiger partial charge in [0, 0.05) is 23.9 Å². The molecule has 0 bridgehead atoms. The molecule has 2 rings (SSSR count). The summed E-state index contributed by atoms with van der Waals surface area (Å²) in [5.74, 6) is -0.847. The number of alkyl halides is 2. The Hall–Kier alpha value is -2.94. The molecular formula is C16H14ClF2N3O4. The summed E-state index contributed by atoms with van der Waals surface area (Å²) in [6, 6.07) is 7.74. The first-order valence-corrected chi connectivity index (χ1v) is 7.77. The lowest BCUT2D eigenvalue weighted by molar-refractivity contribution is -0.384. The first-order chi connectivity index (χ1) is 12.3. The lowest BCUT2D eigenvalue weighted by atomic mass is 10.1. The zero-order valence-electron chi connectivity index (χ0n) is 13.5. The predicted molar refractivity (Wildman–Crippen MR) is 93.3 cm³/mol. The van der Waals surface area contributed by atoms with Crippen molar-refractivity contribution in [3.63, 3.8) is 0 Å². The number of hydrogen-bond acceptors (Lipinski definition) is 5. The zero-order valence-corrected chi connectivity index (χ0v) is 14.2. The van der Waals surface area contributed by atoms with Crippen LogP contribution in [-0.4, -0.2) is 24.0 Å². The number of nitrogens with zero attached hydrogens (tertiary/aromatic N) is 1. The summed E-state index contributed by atoms with van der Waals surface area (Å²) in [5.41, 5.74) is 0.339. The molecule has 0 spiro atoms. The van der Waals surface area contributed by atoms with Gasteiger partial charge in [-0.15, -0.1) is 0 Å². The normalized spacial score (nSPS) is 10.5. The maximum Gasteiger partial charge on any atom is 0.387 e. The second kappa shape index (κ2) is 8.43. The maximum absolute atomic E-state index is 12.3. The van der Waals surface area contributed by atoms with Crippen LogP contribution in [0.5, 0.6) is 5.75 Å². The minimum atomic E-state index is -3.02. The topological polar surface area (TPSA) is 93.5 Å². The summed E-state index contributed by atoms with van der Waals surface area (Å²) in [7, 11) is 0. The SMILES string of the molecule is CCNc1ccc(C(=O)Nc2ccc(OC(F)F)c(Cl)c2)cc1[N+](=O)[O-]. The van der Waals surface area contributed by atoms with Gasteiger partial charge in [-0.05, 0) is 37.3 Å². The number of carbonyl (C=O) groups excluding carboxylic acids is 1. The smallest absolute Gasteiger partial charge is 0.387 e. The van der Waals surface area contributed by atoms with E-state index in [2.05, 4.69) is 15.4 Å². The largest absolute Gasteiger partial charge is 0.433 e. The van der Waals surface area contributed by atoms with Crippen molar-refractivity contribution in [2.45, 2.75) is 13.5 Å². The van der Waals surface area contributed by atoms with Crippen molar-refractivity contribution >= 4 is 34.6 Å². The molecule has 0 saturated heterocycles. The molecule has 0 radical (unpaired) electrons. The van der Waals surface area contributed by atoms with E-state index in [4.69, 9.17) is 11.6 Å². The second-order valence-electron chi connectivity index (χ2n) is 5.00. The molecule has 26 heavy (non-hydrogen) atoms. The summed E-state index contributed by atoms with van der Waals surface area (Å²) >= 11 is 5.82. The summed E-state index contributed by atoms with van der Waals surface area (Å²) in [5, 5.41) is 16.4. The molecule has 0 aliphatic carbocycles. The Morgan fingerprint density at radius 1 is 1.31 bits per heavy atom. The van der Waals surface area contributed by atoms with Crippen LogP contribution in [0.3, 0.4) is 0 Å². The van der Waals surface area contributed by atoms with E-state index >= 15 is 0 Å². The lowest BCUT2D eigenvalue weighted by Crippen LogP contribution is -2.13. The molecular weight excluding hydrogens is 372 g/mol. The molecule has 2 N–H and O–H groups in total. The van der Waals surface area contributed by atoms with E-state index in [9.17, 15) is 23.7 Å². The molecule has 0 aliphatic rings. The molecule has 2 aromatic carbocycles. The van der Waals surface area contributed by atoms with E-state index in [-0.39, 0.29) is 27.7 Å². The number of hydrogen-bond donors (Lipinski definition) is 2. The molecule has 138 valence electrons. The van der Waals surface area contributed by atoms with Gasteiger partial charge >= 0.3 is 6.61 Å². The molecule has 0 aliphatic heterocycles. The maximum atomic E-state index is 12.3. The summed E-state index contributed by atoms with van der Waals surface area (Å²) < 4.78 is 28.6. The third kappa shape index (κ3) is 4.79. The molecule has 2 aromatic rings. The molecule has 1 amide bonds. The van der Waals surface area contributed by atoms with Crippen LogP contribution in [0.4, 0.5) is 25.8 Å². The fourth-order valence-electron chi connectivity index (χ4n) is 2.14. The van der Waals surface area contributed by atoms with Crippen molar-refractivity contribution in [3.05, 3.63) is 57.1 Å². The molecule has 0 atom stereocenters. The van der Waals surface area contributed by atoms with Gasteiger partial charge in [0.25, 0.3) is 11.6 Å². The van der Waals surface area contributed by atoms with E-state index in [1.807, 2.05) is 0 Å². The van der Waals surface area contributed by atoms with Crippen LogP contribution in [0.25, 0.3) is 0 Å². The van der Waals surface area contributed by atoms with Crippen LogP contribution in [-0.2, 0) is 0 Å². The van der Waals surface area contributed by atoms with Crippen LogP contribution < -0.4 is 15.4 Å². The van der Waals surface area contributed by atoms with Crippen molar-refractivity contribution in [1.29, 1.82) is 0 Å². The van der Waals surface area contributed by atoms with Crippen LogP contribution in [0.2, 0.25) is 5.02 Å². The fraction of sp³-hybridized carbons (Fsp3) is 0.188. The lowest BCUT2D eigenvalue weighted by Gasteiger charge is -2.10. The van der Waals surface area contributed by atoms with E-state index in [0.717, 1.165) is 6.07 Å². The zero-order chi connectivity index (χ0) is 19.3. The van der Waals surface area contributed by atoms with Gasteiger partial charge in [-0.3, -0.25) is 14.9 Å². The van der Waals surface area contributed by atoms with Crippen molar-refractivity contribution in [2.24, 2.45) is 0 Å². The molecule has 0 aromatic heterocycles. The molecule has 0 saturated carbocycles. The minimum absolute atomic E-state index is 0.0578. The Balaban J connectivity index is 2.21. The highest BCUT2D eigenvalue weighted by Crippen LogP contribution is 2.30. The summed E-state index contributed by atoms with van der Waals surface area (Å²) in [4.78, 5) is 22.8. The van der Waals surface area contributed by atoms with Gasteiger partial charge in [0.1, 0.15) is 11.4 Å². The highest BCUT2D eigenvalue weighted by Gasteiger charge is 2.18. The van der Waals surface area contributed by atoms with Crippen molar-refractivity contribution in [1.82, 2.24) is 0 Å². The quantitative estimate of drug-likeness (QED) is 0.539. The number of halogens is 3. The van der Waals surface area contributed by atoms with E-state index < -0.39 is 17.4 Å². The van der Waals surface area contributed by atoms with E-state index in [1.165, 1.54) is 30.3 Å². The number of ether oxygens (including phenoxy) is 1. The molecule has 0 unspecified atom stereocenters. The van der Waals surface area contributed by atoms with Gasteiger partial charge in [0.2, 0.25) is 0 Å². The molecule has 10 heteroatoms. The third-order valence-corrected chi connectivity index (χ3v) is 3.53. The van der Waals surface area contributed by atoms with Gasteiger partial charge in [-0.2, -0.15) is 8.78 Å². The van der Waals surface area contributed by atoms with Crippen LogP contribution >= 0.6 is 11.6 Å². The van der Waals surface area contributed by atoms with Crippen molar-refractivity contribution < 1.29 is 23.2 Å². The number of nitrogens with one attached hydrogen (secondary N) is 2. The monoisotopic (exact) mass is 385 g/mol. The number of amides is 1. The highest BCUT2D eigenvalue weighted by atomic mass is 35.5. The first-order valence-electron chi connectivity index (χ1n) is 7.39. The Morgan fingerprint density at radius 3 is 2.62 bits per heavy atom. The van der Waals surface area contributed by atoms with Crippen LogP contribution in [0.1, 0.15) is 17.3 Å². The average Bonchev–Trinajstić information content (AvgIpc) is 2.57. The molecule has 0 fully saturated rings. The van der Waals surface area contributed by atoms with Gasteiger partial charge in [0.05, 0.1) is 9.95 Å². The van der Waals surface area contributed by atoms with Gasteiger partial charge in [-0.25, -0.2) is 0 Å². The van der Waals surface area contributed by atoms with Crippen LogP contribution in [0.15, 0.2) is 36.4 Å². The first kappa shape index (κ1) is 19.4. The molecule has 7 nitrogen and oxygen atoms in total. The van der Waals surface area contributed by atoms with Crippen molar-refractivity contribution in [3.8, 4) is 5.75 Å². The predicted octanol–water partition coefficient (Wildman–Crippen LogP) is 4.53. The van der Waals surface area contributed by atoms with Gasteiger partial charge < -0.3 is 15.4 Å². The standard InChI is InChI=1S/C16H14ClF2N3O4/c1-2-20-12-5-3-9(7-13(12)22(24)25)15(23)21-10-4-6-14(11(17)8-10)26-16(18)19/h3-8,16,20H,2H2,1H3,(H,21,23). The number of benzene rings is 2. The number of carbonyl (C=O) groups is 1. The van der Waals surface area contributed by atoms with Crippen LogP contribution in [0, 0.1) is 10.1 Å². The Morgan fingerprint density at radius 2 is 2.04 bits per heavy atom. The molecule has 0 heterocycles. The summed E-state index contributed by atoms with van der Waals surface area (Å²) in [6.07, 6.45) is 0. The number of nitro benzene ring substituents is 1.